The number of carbonyl (C=O) groups is 5. The van der Waals surface area contributed by atoms with Crippen molar-refractivity contribution in [2.45, 2.75) is 108 Å². The molecule has 2 aromatic rings. The van der Waals surface area contributed by atoms with E-state index < -0.39 is 47.8 Å². The maximum absolute atomic E-state index is 13.4. The minimum Gasteiger partial charge on any atom is -0.481 e. The number of nitrogens with one attached hydrogen (secondary N) is 1. The highest BCUT2D eigenvalue weighted by Gasteiger charge is 2.49. The zero-order valence-electron chi connectivity index (χ0n) is 29.6. The number of hydrogen-bond acceptors (Lipinski definition) is 7. The van der Waals surface area contributed by atoms with Crippen LogP contribution in [0.1, 0.15) is 96.0 Å². The Labute approximate surface area is 295 Å². The van der Waals surface area contributed by atoms with Gasteiger partial charge < -0.3 is 30.6 Å². The van der Waals surface area contributed by atoms with Crippen LogP contribution in [0, 0.1) is 5.92 Å². The number of amides is 1. The average molecular weight is 695 g/mol. The Morgan fingerprint density at radius 3 is 1.82 bits per heavy atom. The molecule has 3 unspecified atom stereocenters. The van der Waals surface area contributed by atoms with Crippen LogP contribution in [0.15, 0.2) is 60.7 Å². The largest absolute Gasteiger partial charge is 0.481 e. The van der Waals surface area contributed by atoms with Gasteiger partial charge in [-0.3, -0.25) is 14.4 Å². The summed E-state index contributed by atoms with van der Waals surface area (Å²) in [5, 5.41) is 42.4. The fraction of sp³-hybridized carbons (Fsp3) is 0.513. The van der Waals surface area contributed by atoms with Gasteiger partial charge >= 0.3 is 17.9 Å². The van der Waals surface area contributed by atoms with E-state index in [0.717, 1.165) is 67.8 Å². The quantitative estimate of drug-likeness (QED) is 0.0587. The van der Waals surface area contributed by atoms with Crippen LogP contribution in [0.5, 0.6) is 0 Å². The van der Waals surface area contributed by atoms with Gasteiger partial charge in [-0.15, -0.1) is 0 Å². The lowest BCUT2D eigenvalue weighted by Gasteiger charge is -2.29. The number of rotatable bonds is 25. The number of nitrogens with zero attached hydrogens (tertiary/aromatic N) is 1. The summed E-state index contributed by atoms with van der Waals surface area (Å²) < 4.78 is 0. The highest BCUT2D eigenvalue weighted by Crippen LogP contribution is 2.26. The maximum atomic E-state index is 13.4. The molecular formula is C39H54N2O9. The van der Waals surface area contributed by atoms with E-state index in [-0.39, 0.29) is 12.2 Å². The minimum atomic E-state index is -3.02. The van der Waals surface area contributed by atoms with Crippen LogP contribution in [-0.4, -0.2) is 75.8 Å². The SMILES string of the molecule is CCCCCCCC(=O)CCCCCC/C=C/C(C(=O)NC(Cc1ccc(-c2ccc(N(C)C)cc2)cc1)C(=O)O)C(O)(CC(=O)O)C(=O)O. The molecule has 1 amide bonds. The molecule has 50 heavy (non-hydrogen) atoms. The molecular weight excluding hydrogens is 640 g/mol. The molecule has 0 radical (unpaired) electrons. The molecule has 0 aliphatic rings. The van der Waals surface area contributed by atoms with Crippen molar-refractivity contribution in [1.82, 2.24) is 5.32 Å². The molecule has 274 valence electrons. The van der Waals surface area contributed by atoms with Crippen molar-refractivity contribution in [3.05, 3.63) is 66.2 Å². The highest BCUT2D eigenvalue weighted by atomic mass is 16.4. The number of carboxylic acids is 3. The lowest BCUT2D eigenvalue weighted by atomic mass is 9.82. The van der Waals surface area contributed by atoms with Crippen molar-refractivity contribution in [3.63, 3.8) is 0 Å². The molecule has 0 saturated carbocycles. The van der Waals surface area contributed by atoms with Crippen LogP contribution >= 0.6 is 0 Å². The summed E-state index contributed by atoms with van der Waals surface area (Å²) in [6, 6.07) is 13.5. The van der Waals surface area contributed by atoms with Crippen LogP contribution < -0.4 is 10.2 Å². The summed E-state index contributed by atoms with van der Waals surface area (Å²) in [5.74, 6) is -7.66. The Balaban J connectivity index is 2.04. The first kappa shape index (κ1) is 41.7. The van der Waals surface area contributed by atoms with E-state index in [0.29, 0.717) is 31.2 Å². The smallest absolute Gasteiger partial charge is 0.337 e. The molecule has 2 aromatic carbocycles. The Hall–Kier alpha value is -4.51. The van der Waals surface area contributed by atoms with Gasteiger partial charge in [0.25, 0.3) is 0 Å². The van der Waals surface area contributed by atoms with Gasteiger partial charge in [-0.1, -0.05) is 94.0 Å². The fourth-order valence-corrected chi connectivity index (χ4v) is 5.72. The summed E-state index contributed by atoms with van der Waals surface area (Å²) in [7, 11) is 3.89. The van der Waals surface area contributed by atoms with E-state index in [4.69, 9.17) is 0 Å². The van der Waals surface area contributed by atoms with Gasteiger partial charge in [-0.05, 0) is 54.5 Å². The van der Waals surface area contributed by atoms with Crippen molar-refractivity contribution in [2.24, 2.45) is 5.92 Å². The van der Waals surface area contributed by atoms with Gasteiger partial charge in [0.15, 0.2) is 5.60 Å². The number of anilines is 1. The monoisotopic (exact) mass is 694 g/mol. The zero-order chi connectivity index (χ0) is 37.1. The van der Waals surface area contributed by atoms with Crippen molar-refractivity contribution >= 4 is 35.3 Å². The fourth-order valence-electron chi connectivity index (χ4n) is 5.72. The molecule has 0 heterocycles. The lowest BCUT2D eigenvalue weighted by Crippen LogP contribution is -2.55. The molecule has 0 aromatic heterocycles. The third-order valence-electron chi connectivity index (χ3n) is 8.78. The molecule has 5 N–H and O–H groups in total. The molecule has 0 spiro atoms. The Bertz CT molecular complexity index is 1420. The number of carbonyl (C=O) groups excluding carboxylic acids is 2. The summed E-state index contributed by atoms with van der Waals surface area (Å²) in [5.41, 5.74) is 0.480. The van der Waals surface area contributed by atoms with Gasteiger partial charge in [-0.25, -0.2) is 9.59 Å². The third kappa shape index (κ3) is 14.2. The van der Waals surface area contributed by atoms with Crippen LogP contribution in [0.4, 0.5) is 5.69 Å². The summed E-state index contributed by atoms with van der Waals surface area (Å²) in [6.45, 7) is 2.15. The Morgan fingerprint density at radius 2 is 1.32 bits per heavy atom. The number of aliphatic carboxylic acids is 3. The second-order valence-electron chi connectivity index (χ2n) is 13.1. The topological polar surface area (TPSA) is 182 Å². The first-order valence-corrected chi connectivity index (χ1v) is 17.5. The van der Waals surface area contributed by atoms with Gasteiger partial charge in [-0.2, -0.15) is 0 Å². The number of ketones is 1. The van der Waals surface area contributed by atoms with E-state index in [1.165, 1.54) is 12.5 Å². The van der Waals surface area contributed by atoms with E-state index in [9.17, 15) is 44.4 Å². The molecule has 0 bridgehead atoms. The number of hydrogen-bond donors (Lipinski definition) is 5. The van der Waals surface area contributed by atoms with Crippen molar-refractivity contribution < 1.29 is 44.4 Å². The first-order chi connectivity index (χ1) is 23.8. The van der Waals surface area contributed by atoms with Gasteiger partial charge in [0.1, 0.15) is 11.8 Å². The molecule has 2 rings (SSSR count). The number of aliphatic hydroxyl groups is 1. The summed E-state index contributed by atoms with van der Waals surface area (Å²) >= 11 is 0. The number of unbranched alkanes of at least 4 members (excludes halogenated alkanes) is 8. The third-order valence-corrected chi connectivity index (χ3v) is 8.78. The van der Waals surface area contributed by atoms with E-state index >= 15 is 0 Å². The van der Waals surface area contributed by atoms with Crippen molar-refractivity contribution in [2.75, 3.05) is 19.0 Å². The standard InChI is InChI=1S/C39H54N2O9/c1-4-5-6-9-12-15-32(42)16-13-10-7-8-11-14-17-33(39(50,38(48)49)27-35(43)44)36(45)40-34(37(46)47)26-28-18-20-29(21-19-28)30-22-24-31(25-23-30)41(2)3/h14,17-25,33-34,50H,4-13,15-16,26-27H2,1-3H3,(H,40,45)(H,43,44)(H,46,47)(H,48,49)/b17-14+. The lowest BCUT2D eigenvalue weighted by molar-refractivity contribution is -0.172. The molecule has 3 atom stereocenters. The van der Waals surface area contributed by atoms with Gasteiger partial charge in [0.2, 0.25) is 5.91 Å². The van der Waals surface area contributed by atoms with Crippen LogP contribution in [0.3, 0.4) is 0 Å². The average Bonchev–Trinajstić information content (AvgIpc) is 3.07. The van der Waals surface area contributed by atoms with Gasteiger partial charge in [0.05, 0.1) is 12.3 Å². The maximum Gasteiger partial charge on any atom is 0.337 e. The second kappa shape index (κ2) is 21.5. The van der Waals surface area contributed by atoms with Crippen LogP contribution in [0.25, 0.3) is 11.1 Å². The molecule has 0 aliphatic heterocycles. The predicted octanol–water partition coefficient (Wildman–Crippen LogP) is 6.26. The molecule has 0 fully saturated rings. The van der Waals surface area contributed by atoms with Crippen molar-refractivity contribution in [3.8, 4) is 11.1 Å². The number of Topliss-reactive ketones (excluding diaryl/α,β-unsaturated/α-hetero) is 1. The zero-order valence-corrected chi connectivity index (χ0v) is 29.6. The van der Waals surface area contributed by atoms with E-state index in [2.05, 4.69) is 12.2 Å². The van der Waals surface area contributed by atoms with Gasteiger partial charge in [0, 0.05) is 39.0 Å². The molecule has 11 nitrogen and oxygen atoms in total. The highest BCUT2D eigenvalue weighted by molar-refractivity contribution is 5.94. The number of allylic oxidation sites excluding steroid dienone is 1. The number of benzene rings is 2. The predicted molar refractivity (Wildman–Crippen MR) is 193 cm³/mol. The molecule has 11 heteroatoms. The Morgan fingerprint density at radius 1 is 0.780 bits per heavy atom. The summed E-state index contributed by atoms with van der Waals surface area (Å²) in [4.78, 5) is 63.3. The first-order valence-electron chi connectivity index (χ1n) is 17.5. The van der Waals surface area contributed by atoms with Crippen LogP contribution in [0.2, 0.25) is 0 Å². The Kier molecular flexibility index (Phi) is 18.0. The second-order valence-corrected chi connectivity index (χ2v) is 13.1. The summed E-state index contributed by atoms with van der Waals surface area (Å²) in [6.07, 6.45) is 11.3. The van der Waals surface area contributed by atoms with E-state index in [1.54, 1.807) is 12.1 Å². The minimum absolute atomic E-state index is 0.136. The molecule has 0 saturated heterocycles. The van der Waals surface area contributed by atoms with E-state index in [1.807, 2.05) is 55.4 Å². The number of carboxylic acid groups (broad SMARTS) is 3. The van der Waals surface area contributed by atoms with Crippen LogP contribution in [-0.2, 0) is 30.4 Å². The van der Waals surface area contributed by atoms with Crippen molar-refractivity contribution in [1.29, 1.82) is 0 Å². The molecule has 0 aliphatic carbocycles. The normalized spacial score (nSPS) is 13.7.